The summed E-state index contributed by atoms with van der Waals surface area (Å²) in [6, 6.07) is 1.83. The van der Waals surface area contributed by atoms with E-state index in [1.807, 2.05) is 13.1 Å². The Bertz CT molecular complexity index is 233. The van der Waals surface area contributed by atoms with Crippen LogP contribution >= 0.6 is 0 Å². The van der Waals surface area contributed by atoms with Crippen LogP contribution in [-0.2, 0) is 13.1 Å². The number of hydrogen-bond donors (Lipinski definition) is 1. The topological polar surface area (TPSA) is 17.0 Å². The number of halogens is 2. The van der Waals surface area contributed by atoms with Gasteiger partial charge in [0, 0.05) is 18.9 Å². The zero-order chi connectivity index (χ0) is 8.97. The molecule has 12 heavy (non-hydrogen) atoms. The van der Waals surface area contributed by atoms with Crippen LogP contribution in [0.15, 0.2) is 18.5 Å². The SMILES string of the molecule is CNCc1ccn(CC(F)F)c1. The van der Waals surface area contributed by atoms with Gasteiger partial charge in [-0.25, -0.2) is 8.78 Å². The summed E-state index contributed by atoms with van der Waals surface area (Å²) < 4.78 is 25.3. The lowest BCUT2D eigenvalue weighted by atomic mass is 10.3. The van der Waals surface area contributed by atoms with E-state index in [2.05, 4.69) is 5.32 Å². The van der Waals surface area contributed by atoms with Crippen LogP contribution in [-0.4, -0.2) is 18.0 Å². The molecule has 0 unspecified atom stereocenters. The van der Waals surface area contributed by atoms with Crippen LogP contribution in [0.4, 0.5) is 8.78 Å². The lowest BCUT2D eigenvalue weighted by Crippen LogP contribution is -2.06. The molecule has 2 nitrogen and oxygen atoms in total. The molecular weight excluding hydrogens is 162 g/mol. The second-order valence-electron chi connectivity index (χ2n) is 2.64. The summed E-state index contributed by atoms with van der Waals surface area (Å²) in [7, 11) is 1.82. The van der Waals surface area contributed by atoms with Crippen molar-refractivity contribution < 1.29 is 8.78 Å². The van der Waals surface area contributed by atoms with Gasteiger partial charge in [-0.05, 0) is 18.7 Å². The van der Waals surface area contributed by atoms with Gasteiger partial charge in [0.2, 0.25) is 0 Å². The van der Waals surface area contributed by atoms with Crippen molar-refractivity contribution in [2.45, 2.75) is 19.5 Å². The number of nitrogens with one attached hydrogen (secondary N) is 1. The van der Waals surface area contributed by atoms with Gasteiger partial charge in [-0.3, -0.25) is 0 Å². The predicted molar refractivity (Wildman–Crippen MR) is 43.2 cm³/mol. The van der Waals surface area contributed by atoms with Crippen molar-refractivity contribution in [2.24, 2.45) is 0 Å². The standard InChI is InChI=1S/C8H12F2N2/c1-11-4-7-2-3-12(5-7)6-8(9)10/h2-3,5,8,11H,4,6H2,1H3. The maximum Gasteiger partial charge on any atom is 0.256 e. The maximum absolute atomic E-state index is 11.9. The number of alkyl halides is 2. The number of nitrogens with zero attached hydrogens (tertiary/aromatic N) is 1. The molecule has 0 amide bonds. The average Bonchev–Trinajstić information content (AvgIpc) is 2.36. The fourth-order valence-electron chi connectivity index (χ4n) is 1.07. The van der Waals surface area contributed by atoms with E-state index in [0.717, 1.165) is 12.1 Å². The summed E-state index contributed by atoms with van der Waals surface area (Å²) in [4.78, 5) is 0. The highest BCUT2D eigenvalue weighted by Gasteiger charge is 2.03. The molecular formula is C8H12F2N2. The van der Waals surface area contributed by atoms with E-state index in [1.165, 1.54) is 4.57 Å². The quantitative estimate of drug-likeness (QED) is 0.731. The van der Waals surface area contributed by atoms with Crippen LogP contribution in [0.25, 0.3) is 0 Å². The van der Waals surface area contributed by atoms with E-state index in [9.17, 15) is 8.78 Å². The first-order valence-electron chi connectivity index (χ1n) is 3.80. The van der Waals surface area contributed by atoms with Gasteiger partial charge in [-0.1, -0.05) is 0 Å². The first-order valence-corrected chi connectivity index (χ1v) is 3.80. The minimum atomic E-state index is -2.28. The molecule has 0 aliphatic heterocycles. The largest absolute Gasteiger partial charge is 0.348 e. The summed E-state index contributed by atoms with van der Waals surface area (Å²) in [5, 5.41) is 2.95. The van der Waals surface area contributed by atoms with Gasteiger partial charge in [0.25, 0.3) is 6.43 Å². The molecule has 4 heteroatoms. The van der Waals surface area contributed by atoms with Crippen molar-refractivity contribution in [3.63, 3.8) is 0 Å². The van der Waals surface area contributed by atoms with E-state index < -0.39 is 6.43 Å². The van der Waals surface area contributed by atoms with Crippen molar-refractivity contribution in [1.29, 1.82) is 0 Å². The minimum Gasteiger partial charge on any atom is -0.348 e. The third-order valence-corrected chi connectivity index (χ3v) is 1.54. The van der Waals surface area contributed by atoms with Crippen LogP contribution in [0, 0.1) is 0 Å². The monoisotopic (exact) mass is 174 g/mol. The highest BCUT2D eigenvalue weighted by molar-refractivity contribution is 5.09. The number of rotatable bonds is 4. The molecule has 0 spiro atoms. The van der Waals surface area contributed by atoms with Gasteiger partial charge in [0.05, 0.1) is 6.54 Å². The lowest BCUT2D eigenvalue weighted by molar-refractivity contribution is 0.126. The van der Waals surface area contributed by atoms with Crippen molar-refractivity contribution in [1.82, 2.24) is 9.88 Å². The highest BCUT2D eigenvalue weighted by Crippen LogP contribution is 2.04. The Morgan fingerprint density at radius 1 is 1.58 bits per heavy atom. The Balaban J connectivity index is 2.52. The predicted octanol–water partition coefficient (Wildman–Crippen LogP) is 1.47. The molecule has 1 aromatic heterocycles. The van der Waals surface area contributed by atoms with Gasteiger partial charge in [0.15, 0.2) is 0 Å². The van der Waals surface area contributed by atoms with Gasteiger partial charge < -0.3 is 9.88 Å². The molecule has 1 N–H and O–H groups in total. The molecule has 0 saturated heterocycles. The summed E-state index contributed by atoms with van der Waals surface area (Å²) >= 11 is 0. The third-order valence-electron chi connectivity index (χ3n) is 1.54. The fraction of sp³-hybridized carbons (Fsp3) is 0.500. The zero-order valence-electron chi connectivity index (χ0n) is 6.93. The lowest BCUT2D eigenvalue weighted by Gasteiger charge is -1.99. The molecule has 0 aromatic carbocycles. The minimum absolute atomic E-state index is 0.219. The van der Waals surface area contributed by atoms with E-state index in [4.69, 9.17) is 0 Å². The van der Waals surface area contributed by atoms with Crippen LogP contribution in [0.1, 0.15) is 5.56 Å². The third kappa shape index (κ3) is 2.62. The normalized spacial score (nSPS) is 11.0. The Labute approximate surface area is 70.2 Å². The van der Waals surface area contributed by atoms with Gasteiger partial charge in [0.1, 0.15) is 0 Å². The van der Waals surface area contributed by atoms with E-state index in [0.29, 0.717) is 0 Å². The first kappa shape index (κ1) is 9.19. The molecule has 0 fully saturated rings. The fourth-order valence-corrected chi connectivity index (χ4v) is 1.07. The first-order chi connectivity index (χ1) is 5.72. The van der Waals surface area contributed by atoms with Crippen molar-refractivity contribution in [3.05, 3.63) is 24.0 Å². The zero-order valence-corrected chi connectivity index (χ0v) is 6.93. The average molecular weight is 174 g/mol. The molecule has 0 saturated carbocycles. The molecule has 1 heterocycles. The number of aromatic nitrogens is 1. The molecule has 68 valence electrons. The second kappa shape index (κ2) is 4.21. The van der Waals surface area contributed by atoms with Crippen LogP contribution in [0.5, 0.6) is 0 Å². The molecule has 1 aromatic rings. The molecule has 0 aliphatic carbocycles. The van der Waals surface area contributed by atoms with E-state index in [-0.39, 0.29) is 6.54 Å². The molecule has 1 rings (SSSR count). The van der Waals surface area contributed by atoms with E-state index in [1.54, 1.807) is 12.4 Å². The molecule has 0 aliphatic rings. The Morgan fingerprint density at radius 2 is 2.33 bits per heavy atom. The Hall–Kier alpha value is -0.900. The second-order valence-corrected chi connectivity index (χ2v) is 2.64. The molecule has 0 radical (unpaired) electrons. The smallest absolute Gasteiger partial charge is 0.256 e. The maximum atomic E-state index is 11.9. The van der Waals surface area contributed by atoms with Crippen molar-refractivity contribution in [3.8, 4) is 0 Å². The van der Waals surface area contributed by atoms with Gasteiger partial charge in [-0.15, -0.1) is 0 Å². The van der Waals surface area contributed by atoms with Crippen LogP contribution < -0.4 is 5.32 Å². The van der Waals surface area contributed by atoms with Crippen LogP contribution in [0.3, 0.4) is 0 Å². The summed E-state index contributed by atoms with van der Waals surface area (Å²) in [6.07, 6.45) is 1.11. The summed E-state index contributed by atoms with van der Waals surface area (Å²) in [5.41, 5.74) is 1.03. The molecule has 0 atom stereocenters. The van der Waals surface area contributed by atoms with Gasteiger partial charge >= 0.3 is 0 Å². The van der Waals surface area contributed by atoms with E-state index >= 15 is 0 Å². The van der Waals surface area contributed by atoms with Crippen molar-refractivity contribution in [2.75, 3.05) is 7.05 Å². The molecule has 0 bridgehead atoms. The Morgan fingerprint density at radius 3 is 2.92 bits per heavy atom. The number of hydrogen-bond acceptors (Lipinski definition) is 1. The van der Waals surface area contributed by atoms with Crippen molar-refractivity contribution >= 4 is 0 Å². The Kier molecular flexibility index (Phi) is 3.22. The van der Waals surface area contributed by atoms with Gasteiger partial charge in [-0.2, -0.15) is 0 Å². The summed E-state index contributed by atoms with van der Waals surface area (Å²) in [6.45, 7) is 0.500. The highest BCUT2D eigenvalue weighted by atomic mass is 19.3. The summed E-state index contributed by atoms with van der Waals surface area (Å²) in [5.74, 6) is 0. The van der Waals surface area contributed by atoms with Crippen LogP contribution in [0.2, 0.25) is 0 Å².